The number of benzene rings is 1. The van der Waals surface area contributed by atoms with E-state index in [9.17, 15) is 5.11 Å². The Morgan fingerprint density at radius 2 is 2.29 bits per heavy atom. The Hall–Kier alpha value is -0.540. The van der Waals surface area contributed by atoms with Crippen LogP contribution in [-0.2, 0) is 6.42 Å². The zero-order valence-corrected chi connectivity index (χ0v) is 9.78. The van der Waals surface area contributed by atoms with Gasteiger partial charge in [-0.1, -0.05) is 12.1 Å². The van der Waals surface area contributed by atoms with Crippen molar-refractivity contribution in [3.8, 4) is 5.75 Å². The molecule has 1 saturated heterocycles. The Balaban J connectivity index is 0.000000980. The van der Waals surface area contributed by atoms with Crippen molar-refractivity contribution in [2.45, 2.75) is 12.8 Å². The lowest BCUT2D eigenvalue weighted by Gasteiger charge is -2.07. The van der Waals surface area contributed by atoms with E-state index >= 15 is 0 Å². The van der Waals surface area contributed by atoms with Crippen LogP contribution < -0.4 is 5.32 Å². The van der Waals surface area contributed by atoms with Crippen molar-refractivity contribution in [3.63, 3.8) is 0 Å². The number of phenols is 1. The molecule has 0 aromatic heterocycles. The van der Waals surface area contributed by atoms with E-state index in [1.54, 1.807) is 6.07 Å². The molecule has 1 fully saturated rings. The number of phenolic OH excluding ortho intramolecular Hbond substituents is 1. The average molecular weight is 258 g/mol. The highest BCUT2D eigenvalue weighted by Gasteiger charge is 2.14. The molecule has 0 aliphatic carbocycles. The second kappa shape index (κ2) is 5.37. The van der Waals surface area contributed by atoms with Gasteiger partial charge in [0.05, 0.1) is 0 Å². The number of nitrogens with one attached hydrogen (secondary N) is 1. The Labute approximate surface area is 95.1 Å². The first-order chi connectivity index (χ1) is 6.34. The van der Waals surface area contributed by atoms with E-state index < -0.39 is 0 Å². The predicted octanol–water partition coefficient (Wildman–Crippen LogP) is 2.12. The molecule has 2 N–H and O–H groups in total. The van der Waals surface area contributed by atoms with E-state index in [4.69, 9.17) is 0 Å². The highest BCUT2D eigenvalue weighted by atomic mass is 79.9. The summed E-state index contributed by atoms with van der Waals surface area (Å²) in [4.78, 5) is 0. The van der Waals surface area contributed by atoms with Gasteiger partial charge in [-0.2, -0.15) is 0 Å². The summed E-state index contributed by atoms with van der Waals surface area (Å²) >= 11 is 0. The molecule has 2 rings (SSSR count). The summed E-state index contributed by atoms with van der Waals surface area (Å²) in [7, 11) is 0. The molecular formula is C11H16BrNO. The summed E-state index contributed by atoms with van der Waals surface area (Å²) in [5.41, 5.74) is 1.24. The number of halogens is 1. The topological polar surface area (TPSA) is 32.3 Å². The van der Waals surface area contributed by atoms with E-state index in [2.05, 4.69) is 11.4 Å². The normalized spacial score (nSPS) is 20.4. The minimum absolute atomic E-state index is 0. The summed E-state index contributed by atoms with van der Waals surface area (Å²) < 4.78 is 0. The molecule has 1 heterocycles. The minimum Gasteiger partial charge on any atom is -0.508 e. The molecule has 0 saturated carbocycles. The van der Waals surface area contributed by atoms with Gasteiger partial charge in [0.2, 0.25) is 0 Å². The van der Waals surface area contributed by atoms with Crippen LogP contribution >= 0.6 is 17.0 Å². The number of aromatic hydroxyl groups is 1. The van der Waals surface area contributed by atoms with Crippen molar-refractivity contribution in [1.82, 2.24) is 5.32 Å². The van der Waals surface area contributed by atoms with E-state index in [1.807, 2.05) is 12.1 Å². The van der Waals surface area contributed by atoms with Gasteiger partial charge in [0.25, 0.3) is 0 Å². The summed E-state index contributed by atoms with van der Waals surface area (Å²) in [6.07, 6.45) is 2.34. The second-order valence-corrected chi connectivity index (χ2v) is 3.73. The highest BCUT2D eigenvalue weighted by molar-refractivity contribution is 8.93. The van der Waals surface area contributed by atoms with Gasteiger partial charge in [-0.15, -0.1) is 17.0 Å². The molecule has 0 amide bonds. The zero-order chi connectivity index (χ0) is 9.10. The molecule has 1 aromatic carbocycles. The summed E-state index contributed by atoms with van der Waals surface area (Å²) in [6.45, 7) is 2.26. The first-order valence-corrected chi connectivity index (χ1v) is 4.83. The first-order valence-electron chi connectivity index (χ1n) is 4.83. The molecule has 1 aromatic rings. The Kier molecular flexibility index (Phi) is 4.42. The van der Waals surface area contributed by atoms with Crippen LogP contribution in [0.4, 0.5) is 0 Å². The van der Waals surface area contributed by atoms with Gasteiger partial charge in [0.1, 0.15) is 5.75 Å². The lowest BCUT2D eigenvalue weighted by atomic mass is 9.99. The maximum Gasteiger partial charge on any atom is 0.115 e. The van der Waals surface area contributed by atoms with Gasteiger partial charge >= 0.3 is 0 Å². The maximum absolute atomic E-state index is 9.27. The molecule has 1 unspecified atom stereocenters. The third-order valence-electron chi connectivity index (χ3n) is 2.60. The lowest BCUT2D eigenvalue weighted by molar-refractivity contribution is 0.473. The molecule has 14 heavy (non-hydrogen) atoms. The summed E-state index contributed by atoms with van der Waals surface area (Å²) in [5.74, 6) is 1.13. The average Bonchev–Trinajstić information content (AvgIpc) is 2.57. The fourth-order valence-electron chi connectivity index (χ4n) is 1.91. The molecule has 0 spiro atoms. The third kappa shape index (κ3) is 3.00. The molecule has 0 radical (unpaired) electrons. The van der Waals surface area contributed by atoms with Gasteiger partial charge in [-0.3, -0.25) is 0 Å². The van der Waals surface area contributed by atoms with Crippen molar-refractivity contribution in [2.24, 2.45) is 5.92 Å². The predicted molar refractivity (Wildman–Crippen MR) is 63.1 cm³/mol. The van der Waals surface area contributed by atoms with Crippen LogP contribution in [0.1, 0.15) is 12.0 Å². The van der Waals surface area contributed by atoms with Crippen LogP contribution in [0.3, 0.4) is 0 Å². The summed E-state index contributed by atoms with van der Waals surface area (Å²) in [6, 6.07) is 7.57. The standard InChI is InChI=1S/C11H15NO.BrH/c13-11-3-1-2-9(7-11)6-10-4-5-12-8-10;/h1-3,7,10,12-13H,4-6,8H2;1H. The molecule has 3 heteroatoms. The zero-order valence-electron chi connectivity index (χ0n) is 8.07. The SMILES string of the molecule is Br.Oc1cccc(CC2CCNC2)c1. The number of hydrogen-bond donors (Lipinski definition) is 2. The van der Waals surface area contributed by atoms with Crippen LogP contribution in [0.15, 0.2) is 24.3 Å². The third-order valence-corrected chi connectivity index (χ3v) is 2.60. The molecule has 1 atom stereocenters. The number of rotatable bonds is 2. The van der Waals surface area contributed by atoms with Crippen LogP contribution in [-0.4, -0.2) is 18.2 Å². The number of hydrogen-bond acceptors (Lipinski definition) is 2. The monoisotopic (exact) mass is 257 g/mol. The van der Waals surface area contributed by atoms with Crippen molar-refractivity contribution < 1.29 is 5.11 Å². The Bertz CT molecular complexity index is 284. The van der Waals surface area contributed by atoms with Crippen molar-refractivity contribution in [1.29, 1.82) is 0 Å². The van der Waals surface area contributed by atoms with Crippen LogP contribution in [0.25, 0.3) is 0 Å². The molecule has 1 aliphatic heterocycles. The van der Waals surface area contributed by atoms with Crippen molar-refractivity contribution in [2.75, 3.05) is 13.1 Å². The molecular weight excluding hydrogens is 242 g/mol. The van der Waals surface area contributed by atoms with Crippen LogP contribution in [0.5, 0.6) is 5.75 Å². The molecule has 78 valence electrons. The van der Waals surface area contributed by atoms with Gasteiger partial charge in [0, 0.05) is 0 Å². The van der Waals surface area contributed by atoms with E-state index in [0.717, 1.165) is 25.4 Å². The molecule has 2 nitrogen and oxygen atoms in total. The van der Waals surface area contributed by atoms with Gasteiger partial charge in [0.15, 0.2) is 0 Å². The lowest BCUT2D eigenvalue weighted by Crippen LogP contribution is -2.10. The van der Waals surface area contributed by atoms with Crippen molar-refractivity contribution in [3.05, 3.63) is 29.8 Å². The quantitative estimate of drug-likeness (QED) is 0.851. The first kappa shape index (κ1) is 11.5. The summed E-state index contributed by atoms with van der Waals surface area (Å²) in [5, 5.41) is 12.6. The largest absolute Gasteiger partial charge is 0.508 e. The highest BCUT2D eigenvalue weighted by Crippen LogP contribution is 2.18. The Morgan fingerprint density at radius 3 is 2.93 bits per heavy atom. The smallest absolute Gasteiger partial charge is 0.115 e. The Morgan fingerprint density at radius 1 is 1.43 bits per heavy atom. The van der Waals surface area contributed by atoms with Gasteiger partial charge in [-0.05, 0) is 49.5 Å². The molecule has 1 aliphatic rings. The fourth-order valence-corrected chi connectivity index (χ4v) is 1.91. The van der Waals surface area contributed by atoms with E-state index in [-0.39, 0.29) is 17.0 Å². The maximum atomic E-state index is 9.27. The fraction of sp³-hybridized carbons (Fsp3) is 0.455. The van der Waals surface area contributed by atoms with Gasteiger partial charge in [-0.25, -0.2) is 0 Å². The van der Waals surface area contributed by atoms with Crippen molar-refractivity contribution >= 4 is 17.0 Å². The van der Waals surface area contributed by atoms with Crippen LogP contribution in [0.2, 0.25) is 0 Å². The van der Waals surface area contributed by atoms with E-state index in [0.29, 0.717) is 5.75 Å². The second-order valence-electron chi connectivity index (χ2n) is 3.73. The van der Waals surface area contributed by atoms with E-state index in [1.165, 1.54) is 12.0 Å². The van der Waals surface area contributed by atoms with Gasteiger partial charge < -0.3 is 10.4 Å². The van der Waals surface area contributed by atoms with Crippen LogP contribution in [0, 0.1) is 5.92 Å². The minimum atomic E-state index is 0. The molecule has 0 bridgehead atoms.